The van der Waals surface area contributed by atoms with Gasteiger partial charge in [-0.15, -0.1) is 0 Å². The molecule has 1 aromatic rings. The van der Waals surface area contributed by atoms with Crippen LogP contribution in [0.3, 0.4) is 0 Å². The Labute approximate surface area is 88.8 Å². The second-order valence-corrected chi connectivity index (χ2v) is 4.06. The first-order valence-electron chi connectivity index (χ1n) is 4.93. The molecule has 15 heavy (non-hydrogen) atoms. The van der Waals surface area contributed by atoms with Gasteiger partial charge in [0, 0.05) is 24.7 Å². The van der Waals surface area contributed by atoms with Crippen molar-refractivity contribution >= 4 is 5.95 Å². The predicted octanol–water partition coefficient (Wildman–Crippen LogP) is 0.934. The van der Waals surface area contributed by atoms with Crippen molar-refractivity contribution in [2.24, 2.45) is 5.41 Å². The number of hydrogen-bond donors (Lipinski definition) is 1. The molecule has 0 atom stereocenters. The van der Waals surface area contributed by atoms with Crippen LogP contribution in [0.25, 0.3) is 0 Å². The van der Waals surface area contributed by atoms with Gasteiger partial charge in [-0.3, -0.25) is 0 Å². The Bertz CT molecular complexity index is 339. The smallest absolute Gasteiger partial charge is 0.225 e. The highest BCUT2D eigenvalue weighted by Gasteiger charge is 2.34. The summed E-state index contributed by atoms with van der Waals surface area (Å²) in [5, 5.41) is 2.87. The van der Waals surface area contributed by atoms with Gasteiger partial charge in [-0.2, -0.15) is 4.98 Å². The molecule has 2 rings (SSSR count). The van der Waals surface area contributed by atoms with Gasteiger partial charge in [-0.25, -0.2) is 4.98 Å². The van der Waals surface area contributed by atoms with Gasteiger partial charge in [0.25, 0.3) is 0 Å². The number of nitrogens with zero attached hydrogens (tertiary/aromatic N) is 2. The zero-order valence-electron chi connectivity index (χ0n) is 8.99. The third kappa shape index (κ3) is 2.36. The monoisotopic (exact) mass is 209 g/mol. The topological polar surface area (TPSA) is 56.3 Å². The second-order valence-electron chi connectivity index (χ2n) is 4.06. The highest BCUT2D eigenvalue weighted by molar-refractivity contribution is 5.26. The minimum atomic E-state index is 0.144. The molecule has 1 N–H and O–H groups in total. The Balaban J connectivity index is 1.92. The lowest BCUT2D eigenvalue weighted by Crippen LogP contribution is -2.44. The zero-order chi connectivity index (χ0) is 10.7. The fraction of sp³-hybridized carbons (Fsp3) is 0.600. The second kappa shape index (κ2) is 4.02. The fourth-order valence-corrected chi connectivity index (χ4v) is 1.33. The van der Waals surface area contributed by atoms with E-state index >= 15 is 0 Å². The maximum Gasteiger partial charge on any atom is 0.225 e. The summed E-state index contributed by atoms with van der Waals surface area (Å²) < 4.78 is 10.7. The molecule has 5 heteroatoms. The molecular weight excluding hydrogens is 194 g/mol. The van der Waals surface area contributed by atoms with Crippen molar-refractivity contribution in [3.8, 4) is 5.88 Å². The maximum absolute atomic E-state index is 5.58. The van der Waals surface area contributed by atoms with E-state index in [2.05, 4.69) is 22.2 Å². The van der Waals surface area contributed by atoms with Crippen LogP contribution in [0.2, 0.25) is 0 Å². The van der Waals surface area contributed by atoms with E-state index in [9.17, 15) is 0 Å². The van der Waals surface area contributed by atoms with Gasteiger partial charge in [0.05, 0.1) is 19.8 Å². The number of aromatic nitrogens is 2. The molecule has 0 spiro atoms. The summed E-state index contributed by atoms with van der Waals surface area (Å²) >= 11 is 0. The molecule has 2 heterocycles. The largest absolute Gasteiger partial charge is 0.477 e. The summed E-state index contributed by atoms with van der Waals surface area (Å²) in [6, 6.07) is 1.75. The van der Waals surface area contributed by atoms with E-state index in [4.69, 9.17) is 9.47 Å². The lowest BCUT2D eigenvalue weighted by molar-refractivity contribution is -0.120. The summed E-state index contributed by atoms with van der Waals surface area (Å²) in [4.78, 5) is 8.18. The Morgan fingerprint density at radius 2 is 2.40 bits per heavy atom. The van der Waals surface area contributed by atoms with Crippen LogP contribution in [0.4, 0.5) is 5.95 Å². The highest BCUT2D eigenvalue weighted by Crippen LogP contribution is 2.27. The van der Waals surface area contributed by atoms with Gasteiger partial charge in [-0.05, 0) is 0 Å². The Morgan fingerprint density at radius 3 is 3.00 bits per heavy atom. The first-order chi connectivity index (χ1) is 7.22. The van der Waals surface area contributed by atoms with Gasteiger partial charge >= 0.3 is 0 Å². The van der Waals surface area contributed by atoms with E-state index in [1.807, 2.05) is 0 Å². The van der Waals surface area contributed by atoms with Crippen LogP contribution in [0.1, 0.15) is 6.92 Å². The van der Waals surface area contributed by atoms with Crippen LogP contribution in [-0.2, 0) is 4.74 Å². The number of rotatable bonds is 4. The van der Waals surface area contributed by atoms with Crippen molar-refractivity contribution in [2.75, 3.05) is 32.2 Å². The van der Waals surface area contributed by atoms with Crippen molar-refractivity contribution in [2.45, 2.75) is 6.92 Å². The summed E-state index contributed by atoms with van der Waals surface area (Å²) in [7, 11) is 1.78. The van der Waals surface area contributed by atoms with Crippen molar-refractivity contribution < 1.29 is 9.47 Å². The quantitative estimate of drug-likeness (QED) is 0.799. The third-order valence-electron chi connectivity index (χ3n) is 2.32. The standard InChI is InChI=1S/C10H15N3O2/c1-10(5-14-6-10)7-15-8-3-4-12-9(11-2)13-8/h3-4H,5-7H2,1-2H3,(H,11,12,13). The predicted molar refractivity (Wildman–Crippen MR) is 56.0 cm³/mol. The minimum absolute atomic E-state index is 0.144. The lowest BCUT2D eigenvalue weighted by atomic mass is 9.90. The van der Waals surface area contributed by atoms with Crippen LogP contribution in [0, 0.1) is 5.41 Å². The van der Waals surface area contributed by atoms with E-state index in [1.54, 1.807) is 19.3 Å². The van der Waals surface area contributed by atoms with Crippen LogP contribution in [-0.4, -0.2) is 36.8 Å². The molecular formula is C10H15N3O2. The highest BCUT2D eigenvalue weighted by atomic mass is 16.5. The molecule has 82 valence electrons. The molecule has 0 bridgehead atoms. The van der Waals surface area contributed by atoms with Crippen molar-refractivity contribution in [3.63, 3.8) is 0 Å². The minimum Gasteiger partial charge on any atom is -0.477 e. The molecule has 0 unspecified atom stereocenters. The van der Waals surface area contributed by atoms with Gasteiger partial charge in [0.15, 0.2) is 0 Å². The average molecular weight is 209 g/mol. The normalized spacial score (nSPS) is 18.0. The molecule has 0 amide bonds. The molecule has 1 aromatic heterocycles. The molecule has 5 nitrogen and oxygen atoms in total. The van der Waals surface area contributed by atoms with Gasteiger partial charge in [0.1, 0.15) is 0 Å². The molecule has 0 aromatic carbocycles. The van der Waals surface area contributed by atoms with Crippen LogP contribution >= 0.6 is 0 Å². The Kier molecular flexibility index (Phi) is 2.73. The first-order valence-corrected chi connectivity index (χ1v) is 4.93. The summed E-state index contributed by atoms with van der Waals surface area (Å²) in [6.07, 6.45) is 1.67. The van der Waals surface area contributed by atoms with E-state index in [0.717, 1.165) is 13.2 Å². The molecule has 1 saturated heterocycles. The van der Waals surface area contributed by atoms with Gasteiger partial charge < -0.3 is 14.8 Å². The van der Waals surface area contributed by atoms with Crippen molar-refractivity contribution in [1.82, 2.24) is 9.97 Å². The van der Waals surface area contributed by atoms with Crippen molar-refractivity contribution in [1.29, 1.82) is 0 Å². The van der Waals surface area contributed by atoms with Crippen LogP contribution in [0.5, 0.6) is 5.88 Å². The molecule has 0 aliphatic carbocycles. The van der Waals surface area contributed by atoms with Gasteiger partial charge in [-0.1, -0.05) is 6.92 Å². The average Bonchev–Trinajstić information content (AvgIpc) is 2.24. The number of nitrogens with one attached hydrogen (secondary N) is 1. The fourth-order valence-electron chi connectivity index (χ4n) is 1.33. The van der Waals surface area contributed by atoms with E-state index in [-0.39, 0.29) is 5.41 Å². The lowest BCUT2D eigenvalue weighted by Gasteiger charge is -2.37. The van der Waals surface area contributed by atoms with E-state index < -0.39 is 0 Å². The number of ether oxygens (including phenoxy) is 2. The molecule has 0 saturated carbocycles. The summed E-state index contributed by atoms with van der Waals surface area (Å²) in [5.41, 5.74) is 0.144. The Morgan fingerprint density at radius 1 is 1.60 bits per heavy atom. The Hall–Kier alpha value is -1.36. The SMILES string of the molecule is CNc1nccc(OCC2(C)COC2)n1. The van der Waals surface area contributed by atoms with Gasteiger partial charge in [0.2, 0.25) is 11.8 Å². The van der Waals surface area contributed by atoms with Crippen molar-refractivity contribution in [3.05, 3.63) is 12.3 Å². The van der Waals surface area contributed by atoms with E-state index in [1.165, 1.54) is 0 Å². The molecule has 1 aliphatic heterocycles. The number of hydrogen-bond acceptors (Lipinski definition) is 5. The maximum atomic E-state index is 5.58. The number of anilines is 1. The van der Waals surface area contributed by atoms with Crippen LogP contribution < -0.4 is 10.1 Å². The first kappa shape index (κ1) is 10.2. The summed E-state index contributed by atoms with van der Waals surface area (Å²) in [5.74, 6) is 1.17. The van der Waals surface area contributed by atoms with E-state index in [0.29, 0.717) is 18.4 Å². The zero-order valence-corrected chi connectivity index (χ0v) is 8.99. The molecule has 0 radical (unpaired) electrons. The summed E-state index contributed by atoms with van der Waals surface area (Å²) in [6.45, 7) is 4.29. The third-order valence-corrected chi connectivity index (χ3v) is 2.32. The van der Waals surface area contributed by atoms with Crippen LogP contribution in [0.15, 0.2) is 12.3 Å². The molecule has 1 aliphatic rings. The molecule has 1 fully saturated rings.